The van der Waals surface area contributed by atoms with Gasteiger partial charge in [0, 0.05) is 37.8 Å². The Bertz CT molecular complexity index is 724. The summed E-state index contributed by atoms with van der Waals surface area (Å²) in [6.07, 6.45) is 2.36. The maximum Gasteiger partial charge on any atom is 0.173 e. The third kappa shape index (κ3) is 3.76. The summed E-state index contributed by atoms with van der Waals surface area (Å²) in [4.78, 5) is 4.77. The molecule has 0 saturated carbocycles. The van der Waals surface area contributed by atoms with Gasteiger partial charge in [-0.05, 0) is 41.9 Å². The maximum absolute atomic E-state index is 6.57. The quantitative estimate of drug-likeness (QED) is 0.793. The molecule has 26 heavy (non-hydrogen) atoms. The summed E-state index contributed by atoms with van der Waals surface area (Å²) >= 11 is 6.57. The van der Waals surface area contributed by atoms with Gasteiger partial charge in [-0.25, -0.2) is 4.68 Å². The number of aromatic nitrogens is 4. The highest BCUT2D eigenvalue weighted by molar-refractivity contribution is 6.31. The van der Waals surface area contributed by atoms with E-state index >= 15 is 0 Å². The molecule has 0 radical (unpaired) electrons. The SMILES string of the molecule is CN1CCN([C@H](c2ccccc2Cl)c2nnnn2C[C@@H]2CCCO2)CC1. The molecule has 1 aromatic heterocycles. The number of hydrogen-bond donors (Lipinski definition) is 0. The van der Waals surface area contributed by atoms with Crippen LogP contribution in [0.5, 0.6) is 0 Å². The molecule has 2 fully saturated rings. The fraction of sp³-hybridized carbons (Fsp3) is 0.611. The summed E-state index contributed by atoms with van der Waals surface area (Å²) in [6, 6.07) is 7.96. The Hall–Kier alpha value is -1.54. The maximum atomic E-state index is 6.57. The second-order valence-corrected chi connectivity index (χ2v) is 7.52. The van der Waals surface area contributed by atoms with E-state index in [1.807, 2.05) is 22.9 Å². The lowest BCUT2D eigenvalue weighted by atomic mass is 10.0. The van der Waals surface area contributed by atoms with E-state index < -0.39 is 0 Å². The predicted molar refractivity (Wildman–Crippen MR) is 99.2 cm³/mol. The van der Waals surface area contributed by atoms with Crippen LogP contribution in [-0.4, -0.2) is 75.9 Å². The molecule has 2 aromatic rings. The molecule has 0 bridgehead atoms. The van der Waals surface area contributed by atoms with Crippen molar-refractivity contribution in [2.75, 3.05) is 39.8 Å². The van der Waals surface area contributed by atoms with Gasteiger partial charge < -0.3 is 9.64 Å². The van der Waals surface area contributed by atoms with E-state index in [4.69, 9.17) is 16.3 Å². The number of piperazine rings is 1. The summed E-state index contributed by atoms with van der Waals surface area (Å²) in [6.45, 7) is 5.48. The highest BCUT2D eigenvalue weighted by Crippen LogP contribution is 2.33. The molecule has 3 heterocycles. The molecule has 8 heteroatoms. The van der Waals surface area contributed by atoms with Crippen molar-refractivity contribution in [1.29, 1.82) is 0 Å². The third-order valence-corrected chi connectivity index (χ3v) is 5.65. The van der Waals surface area contributed by atoms with Crippen molar-refractivity contribution >= 4 is 11.6 Å². The van der Waals surface area contributed by atoms with Crippen LogP contribution in [0.25, 0.3) is 0 Å². The number of halogens is 1. The highest BCUT2D eigenvalue weighted by atomic mass is 35.5. The molecule has 7 nitrogen and oxygen atoms in total. The van der Waals surface area contributed by atoms with Gasteiger partial charge in [-0.1, -0.05) is 29.8 Å². The van der Waals surface area contributed by atoms with E-state index in [1.54, 1.807) is 0 Å². The Morgan fingerprint density at radius 1 is 1.23 bits per heavy atom. The van der Waals surface area contributed by atoms with Gasteiger partial charge in [-0.15, -0.1) is 5.10 Å². The van der Waals surface area contributed by atoms with E-state index in [1.165, 1.54) is 0 Å². The first-order valence-electron chi connectivity index (χ1n) is 9.27. The minimum Gasteiger partial charge on any atom is -0.376 e. The summed E-state index contributed by atoms with van der Waals surface area (Å²) in [5, 5.41) is 13.4. The smallest absolute Gasteiger partial charge is 0.173 e. The lowest BCUT2D eigenvalue weighted by Crippen LogP contribution is -2.47. The molecule has 0 aliphatic carbocycles. The standard InChI is InChI=1S/C18H25ClN6O/c1-23-8-10-24(11-9-23)17(15-6-2-3-7-16(15)19)18-20-21-22-25(18)13-14-5-4-12-26-14/h2-3,6-7,14,17H,4-5,8-13H2,1H3/t14-,17+/m0/s1. The highest BCUT2D eigenvalue weighted by Gasteiger charge is 2.32. The Morgan fingerprint density at radius 3 is 2.77 bits per heavy atom. The first-order valence-corrected chi connectivity index (χ1v) is 9.65. The van der Waals surface area contributed by atoms with Crippen molar-refractivity contribution in [3.63, 3.8) is 0 Å². The molecule has 0 N–H and O–H groups in total. The van der Waals surface area contributed by atoms with Crippen molar-refractivity contribution in [3.8, 4) is 0 Å². The molecule has 2 aliphatic rings. The third-order valence-electron chi connectivity index (χ3n) is 5.31. The summed E-state index contributed by atoms with van der Waals surface area (Å²) < 4.78 is 7.69. The normalized spacial score (nSPS) is 23.4. The number of tetrazole rings is 1. The average molecular weight is 377 g/mol. The number of hydrogen-bond acceptors (Lipinski definition) is 6. The van der Waals surface area contributed by atoms with Gasteiger partial charge in [0.25, 0.3) is 0 Å². The minimum absolute atomic E-state index is 0.0474. The van der Waals surface area contributed by atoms with Crippen LogP contribution in [0.3, 0.4) is 0 Å². The fourth-order valence-corrected chi connectivity index (χ4v) is 4.03. The Morgan fingerprint density at radius 2 is 2.04 bits per heavy atom. The van der Waals surface area contributed by atoms with Crippen molar-refractivity contribution in [1.82, 2.24) is 30.0 Å². The zero-order valence-corrected chi connectivity index (χ0v) is 15.8. The van der Waals surface area contributed by atoms with Gasteiger partial charge in [0.1, 0.15) is 0 Å². The van der Waals surface area contributed by atoms with Gasteiger partial charge in [-0.3, -0.25) is 4.90 Å². The predicted octanol–water partition coefficient (Wildman–Crippen LogP) is 1.84. The molecule has 1 aromatic carbocycles. The molecule has 0 amide bonds. The first kappa shape index (κ1) is 17.9. The number of ether oxygens (including phenoxy) is 1. The second-order valence-electron chi connectivity index (χ2n) is 7.12. The van der Waals surface area contributed by atoms with E-state index in [0.29, 0.717) is 6.54 Å². The second kappa shape index (κ2) is 8.00. The van der Waals surface area contributed by atoms with Crippen molar-refractivity contribution in [3.05, 3.63) is 40.7 Å². The van der Waals surface area contributed by atoms with Crippen LogP contribution in [0.4, 0.5) is 0 Å². The Kier molecular flexibility index (Phi) is 5.49. The number of nitrogens with zero attached hydrogens (tertiary/aromatic N) is 6. The van der Waals surface area contributed by atoms with Crippen LogP contribution in [0.15, 0.2) is 24.3 Å². The molecule has 2 aliphatic heterocycles. The van der Waals surface area contributed by atoms with Crippen LogP contribution in [0.1, 0.15) is 30.3 Å². The number of likely N-dealkylation sites (N-methyl/N-ethyl adjacent to an activating group) is 1. The van der Waals surface area contributed by atoms with Crippen molar-refractivity contribution in [2.24, 2.45) is 0 Å². The molecule has 4 rings (SSSR count). The largest absolute Gasteiger partial charge is 0.376 e. The first-order chi connectivity index (χ1) is 12.7. The zero-order chi connectivity index (χ0) is 17.9. The lowest BCUT2D eigenvalue weighted by Gasteiger charge is -2.37. The van der Waals surface area contributed by atoms with Crippen LogP contribution in [-0.2, 0) is 11.3 Å². The molecule has 140 valence electrons. The van der Waals surface area contributed by atoms with Gasteiger partial charge in [0.05, 0.1) is 18.7 Å². The monoisotopic (exact) mass is 376 g/mol. The Balaban J connectivity index is 1.67. The summed E-state index contributed by atoms with van der Waals surface area (Å²) in [5.41, 5.74) is 1.06. The van der Waals surface area contributed by atoms with Crippen LogP contribution < -0.4 is 0 Å². The van der Waals surface area contributed by atoms with Gasteiger partial charge in [-0.2, -0.15) is 0 Å². The van der Waals surface area contributed by atoms with Crippen molar-refractivity contribution < 1.29 is 4.74 Å². The molecular weight excluding hydrogens is 352 g/mol. The number of rotatable bonds is 5. The lowest BCUT2D eigenvalue weighted by molar-refractivity contribution is 0.0879. The van der Waals surface area contributed by atoms with E-state index in [9.17, 15) is 0 Å². The minimum atomic E-state index is -0.0474. The molecular formula is C18H25ClN6O. The van der Waals surface area contributed by atoms with E-state index in [-0.39, 0.29) is 12.1 Å². The zero-order valence-electron chi connectivity index (χ0n) is 15.1. The van der Waals surface area contributed by atoms with Gasteiger partial charge in [0.15, 0.2) is 5.82 Å². The summed E-state index contributed by atoms with van der Waals surface area (Å²) in [5.74, 6) is 0.846. The molecule has 2 saturated heterocycles. The topological polar surface area (TPSA) is 59.3 Å². The average Bonchev–Trinajstić information content (AvgIpc) is 3.31. The van der Waals surface area contributed by atoms with Crippen LogP contribution in [0, 0.1) is 0 Å². The van der Waals surface area contributed by atoms with Crippen molar-refractivity contribution in [2.45, 2.75) is 31.5 Å². The molecule has 0 spiro atoms. The molecule has 0 unspecified atom stereocenters. The fourth-order valence-electron chi connectivity index (χ4n) is 3.79. The van der Waals surface area contributed by atoms with Gasteiger partial charge in [0.2, 0.25) is 0 Å². The van der Waals surface area contributed by atoms with E-state index in [2.05, 4.69) is 38.4 Å². The number of benzene rings is 1. The van der Waals surface area contributed by atoms with Crippen LogP contribution in [0.2, 0.25) is 5.02 Å². The van der Waals surface area contributed by atoms with Gasteiger partial charge >= 0.3 is 0 Å². The summed E-state index contributed by atoms with van der Waals surface area (Å²) in [7, 11) is 2.16. The Labute approximate surface area is 158 Å². The molecule has 2 atom stereocenters. The van der Waals surface area contributed by atoms with E-state index in [0.717, 1.165) is 62.0 Å². The van der Waals surface area contributed by atoms with Crippen LogP contribution >= 0.6 is 11.6 Å².